The first-order valence-corrected chi connectivity index (χ1v) is 7.56. The van der Waals surface area contributed by atoms with Crippen LogP contribution in [0.2, 0.25) is 0 Å². The average molecular weight is 304 g/mol. The Hall–Kier alpha value is -1.91. The number of hydrogen-bond acceptors (Lipinski definition) is 5. The van der Waals surface area contributed by atoms with E-state index >= 15 is 0 Å². The Morgan fingerprint density at radius 2 is 2.14 bits per heavy atom. The molecular weight excluding hydrogens is 284 g/mol. The summed E-state index contributed by atoms with van der Waals surface area (Å²) in [7, 11) is 0. The summed E-state index contributed by atoms with van der Waals surface area (Å²) in [5, 5.41) is 0. The largest absolute Gasteiger partial charge is 0.461 e. The van der Waals surface area contributed by atoms with E-state index < -0.39 is 29.4 Å². The molecule has 5 nitrogen and oxygen atoms in total. The van der Waals surface area contributed by atoms with Crippen LogP contribution in [0.25, 0.3) is 0 Å². The second-order valence-electron chi connectivity index (χ2n) is 6.77. The Morgan fingerprint density at radius 3 is 2.77 bits per heavy atom. The molecule has 0 aromatic heterocycles. The maximum atomic E-state index is 12.6. The summed E-state index contributed by atoms with van der Waals surface area (Å²) >= 11 is 0. The molecule has 0 aromatic carbocycles. The van der Waals surface area contributed by atoms with Crippen LogP contribution >= 0.6 is 0 Å². The molecule has 3 aliphatic rings. The van der Waals surface area contributed by atoms with Gasteiger partial charge in [-0.15, -0.1) is 0 Å². The predicted molar refractivity (Wildman–Crippen MR) is 77.6 cm³/mol. The Balaban J connectivity index is 2.12. The standard InChI is InChI=1S/C17H20O5/c1-8-7-12-14(9(2)16(20)22-12)15(21-10(3)18)17(4)11(8)5-6-13(17)19/h5-6,8,11-12,14-15H,2,7H2,1,3-4H3/t8-,11+,12+,14-,15+,17+/m1/s1. The zero-order valence-electron chi connectivity index (χ0n) is 13.0. The number of ether oxygens (including phenoxy) is 2. The van der Waals surface area contributed by atoms with E-state index in [1.807, 2.05) is 19.9 Å². The van der Waals surface area contributed by atoms with Crippen molar-refractivity contribution in [1.82, 2.24) is 0 Å². The van der Waals surface area contributed by atoms with Crippen molar-refractivity contribution in [2.24, 2.45) is 23.2 Å². The highest BCUT2D eigenvalue weighted by atomic mass is 16.6. The van der Waals surface area contributed by atoms with E-state index in [0.29, 0.717) is 12.0 Å². The highest BCUT2D eigenvalue weighted by Gasteiger charge is 2.61. The number of rotatable bonds is 1. The third-order valence-corrected chi connectivity index (χ3v) is 5.43. The van der Waals surface area contributed by atoms with Gasteiger partial charge in [0.1, 0.15) is 12.2 Å². The Bertz CT molecular complexity index is 604. The van der Waals surface area contributed by atoms with E-state index in [0.717, 1.165) is 0 Å². The second-order valence-corrected chi connectivity index (χ2v) is 6.77. The molecule has 0 amide bonds. The van der Waals surface area contributed by atoms with Crippen molar-refractivity contribution < 1.29 is 23.9 Å². The van der Waals surface area contributed by atoms with Crippen molar-refractivity contribution in [3.8, 4) is 0 Å². The molecular formula is C17H20O5. The maximum Gasteiger partial charge on any atom is 0.334 e. The third-order valence-electron chi connectivity index (χ3n) is 5.43. The van der Waals surface area contributed by atoms with E-state index in [4.69, 9.17) is 9.47 Å². The van der Waals surface area contributed by atoms with Crippen LogP contribution in [-0.4, -0.2) is 29.9 Å². The van der Waals surface area contributed by atoms with Gasteiger partial charge in [0.2, 0.25) is 0 Å². The minimum atomic E-state index is -0.874. The first-order chi connectivity index (χ1) is 10.3. The van der Waals surface area contributed by atoms with Crippen molar-refractivity contribution in [2.45, 2.75) is 39.4 Å². The number of allylic oxidation sites excluding steroid dienone is 2. The smallest absolute Gasteiger partial charge is 0.334 e. The molecule has 2 aliphatic carbocycles. The molecule has 22 heavy (non-hydrogen) atoms. The first kappa shape index (κ1) is 15.0. The van der Waals surface area contributed by atoms with Gasteiger partial charge in [-0.2, -0.15) is 0 Å². The summed E-state index contributed by atoms with van der Waals surface area (Å²) in [5.74, 6) is -1.35. The Labute approximate surface area is 129 Å². The SMILES string of the molecule is C=C1C(=O)O[C@H]2C[C@@H](C)[C@@H]3C=CC(=O)[C@@]3(C)[C@@H](OC(C)=O)[C@H]12. The Kier molecular flexibility index (Phi) is 3.27. The molecule has 1 saturated carbocycles. The zero-order chi connectivity index (χ0) is 16.2. The summed E-state index contributed by atoms with van der Waals surface area (Å²) < 4.78 is 11.0. The maximum absolute atomic E-state index is 12.6. The van der Waals surface area contributed by atoms with E-state index in [1.165, 1.54) is 6.92 Å². The van der Waals surface area contributed by atoms with Crippen LogP contribution in [0.4, 0.5) is 0 Å². The van der Waals surface area contributed by atoms with Crippen molar-refractivity contribution in [2.75, 3.05) is 0 Å². The van der Waals surface area contributed by atoms with Crippen molar-refractivity contribution in [3.63, 3.8) is 0 Å². The topological polar surface area (TPSA) is 69.7 Å². The molecule has 6 atom stereocenters. The van der Waals surface area contributed by atoms with Gasteiger partial charge in [-0.25, -0.2) is 4.79 Å². The summed E-state index contributed by atoms with van der Waals surface area (Å²) in [5.41, 5.74) is -0.577. The number of carbonyl (C=O) groups is 3. The van der Waals surface area contributed by atoms with Crippen LogP contribution < -0.4 is 0 Å². The number of hydrogen-bond donors (Lipinski definition) is 0. The molecule has 2 fully saturated rings. The molecule has 1 heterocycles. The third kappa shape index (κ3) is 1.87. The molecule has 0 N–H and O–H groups in total. The number of carbonyl (C=O) groups excluding carboxylic acids is 3. The van der Waals surface area contributed by atoms with Gasteiger partial charge in [-0.3, -0.25) is 9.59 Å². The minimum Gasteiger partial charge on any atom is -0.461 e. The lowest BCUT2D eigenvalue weighted by atomic mass is 9.67. The second kappa shape index (κ2) is 4.80. The van der Waals surface area contributed by atoms with E-state index in [2.05, 4.69) is 6.58 Å². The Morgan fingerprint density at radius 1 is 1.45 bits per heavy atom. The summed E-state index contributed by atoms with van der Waals surface area (Å²) in [6.07, 6.45) is 2.98. The van der Waals surface area contributed by atoms with Gasteiger partial charge < -0.3 is 9.47 Å². The van der Waals surface area contributed by atoms with Crippen LogP contribution in [0.5, 0.6) is 0 Å². The minimum absolute atomic E-state index is 0.0403. The van der Waals surface area contributed by atoms with E-state index in [1.54, 1.807) is 6.08 Å². The molecule has 0 unspecified atom stereocenters. The van der Waals surface area contributed by atoms with Crippen LogP contribution in [0.15, 0.2) is 24.3 Å². The lowest BCUT2D eigenvalue weighted by molar-refractivity contribution is -0.162. The van der Waals surface area contributed by atoms with Gasteiger partial charge in [0.05, 0.1) is 11.3 Å². The highest BCUT2D eigenvalue weighted by molar-refractivity contribution is 5.99. The molecule has 0 aromatic rings. The van der Waals surface area contributed by atoms with Crippen molar-refractivity contribution in [1.29, 1.82) is 0 Å². The lowest BCUT2D eigenvalue weighted by Gasteiger charge is -2.39. The van der Waals surface area contributed by atoms with Crippen molar-refractivity contribution >= 4 is 17.7 Å². The number of fused-ring (bicyclic) bond motifs is 2. The molecule has 0 spiro atoms. The van der Waals surface area contributed by atoms with Gasteiger partial charge in [0.25, 0.3) is 0 Å². The van der Waals surface area contributed by atoms with Gasteiger partial charge in [0, 0.05) is 12.5 Å². The summed E-state index contributed by atoms with van der Waals surface area (Å²) in [6, 6.07) is 0. The number of ketones is 1. The summed E-state index contributed by atoms with van der Waals surface area (Å²) in [4.78, 5) is 36.1. The van der Waals surface area contributed by atoms with E-state index in [9.17, 15) is 14.4 Å². The first-order valence-electron chi connectivity index (χ1n) is 7.56. The highest BCUT2D eigenvalue weighted by Crippen LogP contribution is 2.54. The summed E-state index contributed by atoms with van der Waals surface area (Å²) in [6.45, 7) is 8.99. The molecule has 3 rings (SSSR count). The number of esters is 2. The zero-order valence-corrected chi connectivity index (χ0v) is 13.0. The van der Waals surface area contributed by atoms with E-state index in [-0.39, 0.29) is 23.7 Å². The quantitative estimate of drug-likeness (QED) is 0.546. The van der Waals surface area contributed by atoms with Crippen LogP contribution in [0.1, 0.15) is 27.2 Å². The predicted octanol–water partition coefficient (Wildman–Crippen LogP) is 1.82. The van der Waals surface area contributed by atoms with Crippen LogP contribution in [0, 0.1) is 23.2 Å². The van der Waals surface area contributed by atoms with Gasteiger partial charge >= 0.3 is 11.9 Å². The lowest BCUT2D eigenvalue weighted by Crippen LogP contribution is -2.49. The van der Waals surface area contributed by atoms with Crippen LogP contribution in [-0.2, 0) is 23.9 Å². The van der Waals surface area contributed by atoms with Crippen LogP contribution in [0.3, 0.4) is 0 Å². The molecule has 1 saturated heterocycles. The normalized spacial score (nSPS) is 43.4. The molecule has 0 bridgehead atoms. The molecule has 5 heteroatoms. The molecule has 118 valence electrons. The van der Waals surface area contributed by atoms with Crippen molar-refractivity contribution in [3.05, 3.63) is 24.3 Å². The van der Waals surface area contributed by atoms with Gasteiger partial charge in [0.15, 0.2) is 5.78 Å². The van der Waals surface area contributed by atoms with Gasteiger partial charge in [-0.05, 0) is 31.3 Å². The fraction of sp³-hybridized carbons (Fsp3) is 0.588. The fourth-order valence-electron chi connectivity index (χ4n) is 4.33. The van der Waals surface area contributed by atoms with Gasteiger partial charge in [-0.1, -0.05) is 19.6 Å². The molecule has 1 aliphatic heterocycles. The molecule has 0 radical (unpaired) electrons. The average Bonchev–Trinajstić information content (AvgIpc) is 2.84. The monoisotopic (exact) mass is 304 g/mol. The fourth-order valence-corrected chi connectivity index (χ4v) is 4.33.